The van der Waals surface area contributed by atoms with E-state index in [0.29, 0.717) is 21.9 Å². The molecule has 0 amide bonds. The van der Waals surface area contributed by atoms with Crippen LogP contribution >= 0.6 is 0 Å². The van der Waals surface area contributed by atoms with Crippen molar-refractivity contribution in [2.75, 3.05) is 13.6 Å². The molecule has 0 bridgehead atoms. The Morgan fingerprint density at radius 1 is 0.868 bits per heavy atom. The molecule has 5 aromatic rings. The van der Waals surface area contributed by atoms with Gasteiger partial charge in [0.15, 0.2) is 0 Å². The van der Waals surface area contributed by atoms with Gasteiger partial charge in [0, 0.05) is 24.4 Å². The van der Waals surface area contributed by atoms with E-state index in [0.717, 1.165) is 52.6 Å². The standard InChI is InChI=1S/C30H24FNO5S/c1-32(19-29(33)34)38(35,36)28-16-15-23(18-25(28)31)21-11-13-22(14-12-21)30-24-9-5-6-10-26(24)37-27(30)17-20-7-3-2-4-8-20/h2-16,18H,17,19H2,1H3,(H,33,34). The summed E-state index contributed by atoms with van der Waals surface area (Å²) in [5.74, 6) is -1.43. The minimum absolute atomic E-state index is 0.496. The van der Waals surface area contributed by atoms with E-state index in [1.807, 2.05) is 66.7 Å². The first-order chi connectivity index (χ1) is 18.2. The molecule has 192 valence electrons. The van der Waals surface area contributed by atoms with Gasteiger partial charge in [-0.15, -0.1) is 0 Å². The van der Waals surface area contributed by atoms with Crippen LogP contribution in [0.15, 0.2) is 106 Å². The molecule has 0 unspecified atom stereocenters. The monoisotopic (exact) mass is 529 g/mol. The number of benzene rings is 4. The molecule has 38 heavy (non-hydrogen) atoms. The first-order valence-electron chi connectivity index (χ1n) is 11.9. The van der Waals surface area contributed by atoms with E-state index in [1.54, 1.807) is 0 Å². The van der Waals surface area contributed by atoms with Gasteiger partial charge in [0.25, 0.3) is 0 Å². The second-order valence-electron chi connectivity index (χ2n) is 8.94. The Balaban J connectivity index is 1.48. The van der Waals surface area contributed by atoms with E-state index in [1.165, 1.54) is 6.07 Å². The van der Waals surface area contributed by atoms with E-state index in [-0.39, 0.29) is 0 Å². The van der Waals surface area contributed by atoms with Crippen molar-refractivity contribution in [1.82, 2.24) is 4.31 Å². The average molecular weight is 530 g/mol. The van der Waals surface area contributed by atoms with Crippen LogP contribution in [-0.4, -0.2) is 37.4 Å². The average Bonchev–Trinajstić information content (AvgIpc) is 3.26. The van der Waals surface area contributed by atoms with Crippen molar-refractivity contribution in [3.8, 4) is 22.3 Å². The fraction of sp³-hybridized carbons (Fsp3) is 0.100. The molecule has 4 aromatic carbocycles. The number of sulfonamides is 1. The van der Waals surface area contributed by atoms with Crippen LogP contribution in [0.1, 0.15) is 11.3 Å². The van der Waals surface area contributed by atoms with E-state index in [9.17, 15) is 17.6 Å². The number of nitrogens with zero attached hydrogens (tertiary/aromatic N) is 1. The number of fused-ring (bicyclic) bond motifs is 1. The van der Waals surface area contributed by atoms with Gasteiger partial charge in [0.1, 0.15) is 28.6 Å². The van der Waals surface area contributed by atoms with Gasteiger partial charge in [-0.3, -0.25) is 4.79 Å². The van der Waals surface area contributed by atoms with Gasteiger partial charge in [-0.25, -0.2) is 12.8 Å². The van der Waals surface area contributed by atoms with Crippen LogP contribution in [0.5, 0.6) is 0 Å². The number of halogens is 1. The zero-order valence-corrected chi connectivity index (χ0v) is 21.3. The number of rotatable bonds is 8. The largest absolute Gasteiger partial charge is 0.480 e. The third-order valence-electron chi connectivity index (χ3n) is 6.36. The van der Waals surface area contributed by atoms with Crippen LogP contribution in [-0.2, 0) is 21.2 Å². The molecular formula is C30H24FNO5S. The summed E-state index contributed by atoms with van der Waals surface area (Å²) in [6.07, 6.45) is 0.629. The number of para-hydroxylation sites is 1. The summed E-state index contributed by atoms with van der Waals surface area (Å²) in [6.45, 7) is -0.764. The quantitative estimate of drug-likeness (QED) is 0.259. The van der Waals surface area contributed by atoms with Crippen molar-refractivity contribution < 1.29 is 27.1 Å². The zero-order chi connectivity index (χ0) is 26.9. The lowest BCUT2D eigenvalue weighted by Gasteiger charge is -2.16. The Morgan fingerprint density at radius 3 is 2.18 bits per heavy atom. The highest BCUT2D eigenvalue weighted by Gasteiger charge is 2.26. The maximum Gasteiger partial charge on any atom is 0.318 e. The summed E-state index contributed by atoms with van der Waals surface area (Å²) < 4.78 is 46.9. The van der Waals surface area contributed by atoms with Gasteiger partial charge in [-0.1, -0.05) is 78.9 Å². The minimum Gasteiger partial charge on any atom is -0.480 e. The Labute approximate surface area is 219 Å². The lowest BCUT2D eigenvalue weighted by molar-refractivity contribution is -0.137. The highest BCUT2D eigenvalue weighted by atomic mass is 32.2. The van der Waals surface area contributed by atoms with Crippen LogP contribution in [0.2, 0.25) is 0 Å². The molecule has 1 aromatic heterocycles. The van der Waals surface area contributed by atoms with Crippen molar-refractivity contribution >= 4 is 27.0 Å². The highest BCUT2D eigenvalue weighted by Crippen LogP contribution is 2.37. The predicted octanol–water partition coefficient (Wildman–Crippen LogP) is 6.20. The van der Waals surface area contributed by atoms with E-state index < -0.39 is 33.3 Å². The van der Waals surface area contributed by atoms with Gasteiger partial charge in [0.2, 0.25) is 10.0 Å². The molecule has 0 radical (unpaired) electrons. The topological polar surface area (TPSA) is 87.8 Å². The van der Waals surface area contributed by atoms with Gasteiger partial charge in [-0.05, 0) is 40.5 Å². The fourth-order valence-corrected chi connectivity index (χ4v) is 5.64. The van der Waals surface area contributed by atoms with Crippen LogP contribution in [0.4, 0.5) is 4.39 Å². The Morgan fingerprint density at radius 2 is 1.50 bits per heavy atom. The first-order valence-corrected chi connectivity index (χ1v) is 13.3. The number of carboxylic acid groups (broad SMARTS) is 1. The number of furan rings is 1. The second-order valence-corrected chi connectivity index (χ2v) is 10.9. The lowest BCUT2D eigenvalue weighted by Crippen LogP contribution is -2.32. The number of hydrogen-bond donors (Lipinski definition) is 1. The third-order valence-corrected chi connectivity index (χ3v) is 8.20. The molecule has 0 atom stereocenters. The van der Waals surface area contributed by atoms with Gasteiger partial charge >= 0.3 is 5.97 Å². The van der Waals surface area contributed by atoms with Crippen molar-refractivity contribution in [3.63, 3.8) is 0 Å². The molecule has 0 saturated carbocycles. The molecule has 8 heteroatoms. The van der Waals surface area contributed by atoms with Crippen molar-refractivity contribution in [2.24, 2.45) is 0 Å². The summed E-state index contributed by atoms with van der Waals surface area (Å²) in [6, 6.07) is 29.3. The molecule has 0 aliphatic heterocycles. The van der Waals surface area contributed by atoms with E-state index >= 15 is 0 Å². The predicted molar refractivity (Wildman–Crippen MR) is 144 cm³/mol. The molecule has 0 aliphatic rings. The number of hydrogen-bond acceptors (Lipinski definition) is 4. The van der Waals surface area contributed by atoms with Crippen LogP contribution in [0.3, 0.4) is 0 Å². The zero-order valence-electron chi connectivity index (χ0n) is 20.5. The number of carboxylic acids is 1. The molecule has 0 spiro atoms. The number of carbonyl (C=O) groups is 1. The molecule has 0 saturated heterocycles. The number of aliphatic carboxylic acids is 1. The van der Waals surface area contributed by atoms with Crippen LogP contribution < -0.4 is 0 Å². The third kappa shape index (κ3) is 4.96. The molecule has 5 rings (SSSR count). The van der Waals surface area contributed by atoms with Gasteiger partial charge in [-0.2, -0.15) is 4.31 Å². The molecule has 1 N–H and O–H groups in total. The molecule has 0 fully saturated rings. The van der Waals surface area contributed by atoms with Crippen molar-refractivity contribution in [1.29, 1.82) is 0 Å². The fourth-order valence-electron chi connectivity index (χ4n) is 4.48. The Kier molecular flexibility index (Phi) is 6.84. The lowest BCUT2D eigenvalue weighted by atomic mass is 9.96. The van der Waals surface area contributed by atoms with Crippen molar-refractivity contribution in [2.45, 2.75) is 11.3 Å². The maximum absolute atomic E-state index is 14.9. The SMILES string of the molecule is CN(CC(=O)O)S(=O)(=O)c1ccc(-c2ccc(-c3c(Cc4ccccc4)oc4ccccc34)cc2)cc1F. The van der Waals surface area contributed by atoms with Crippen LogP contribution in [0.25, 0.3) is 33.2 Å². The van der Waals surface area contributed by atoms with Gasteiger partial charge in [0.05, 0.1) is 0 Å². The summed E-state index contributed by atoms with van der Waals surface area (Å²) in [5, 5.41) is 9.89. The molecule has 6 nitrogen and oxygen atoms in total. The number of likely N-dealkylation sites (N-methyl/N-ethyl adjacent to an activating group) is 1. The molecule has 1 heterocycles. The Hall–Kier alpha value is -4.27. The minimum atomic E-state index is -4.28. The summed E-state index contributed by atoms with van der Waals surface area (Å²) >= 11 is 0. The van der Waals surface area contributed by atoms with Gasteiger partial charge < -0.3 is 9.52 Å². The summed E-state index contributed by atoms with van der Waals surface area (Å²) in [7, 11) is -3.19. The van der Waals surface area contributed by atoms with Crippen molar-refractivity contribution in [3.05, 3.63) is 114 Å². The summed E-state index contributed by atoms with van der Waals surface area (Å²) in [5.41, 5.74) is 5.06. The first kappa shape index (κ1) is 25.4. The molecular weight excluding hydrogens is 505 g/mol. The molecule has 0 aliphatic carbocycles. The smallest absolute Gasteiger partial charge is 0.318 e. The van der Waals surface area contributed by atoms with E-state index in [2.05, 4.69) is 12.1 Å². The maximum atomic E-state index is 14.9. The summed E-state index contributed by atoms with van der Waals surface area (Å²) in [4.78, 5) is 10.3. The Bertz CT molecular complexity index is 1730. The van der Waals surface area contributed by atoms with Crippen LogP contribution in [0, 0.1) is 5.82 Å². The second kappa shape index (κ2) is 10.2. The highest BCUT2D eigenvalue weighted by molar-refractivity contribution is 7.89. The normalized spacial score (nSPS) is 11.8. The van der Waals surface area contributed by atoms with E-state index in [4.69, 9.17) is 9.52 Å².